The molecule has 1 aliphatic rings. The van der Waals surface area contributed by atoms with Crippen molar-refractivity contribution in [3.63, 3.8) is 0 Å². The third kappa shape index (κ3) is 3.95. The van der Waals surface area contributed by atoms with Crippen molar-refractivity contribution in [2.24, 2.45) is 11.3 Å². The summed E-state index contributed by atoms with van der Waals surface area (Å²) in [6.07, 6.45) is 1.40. The van der Waals surface area contributed by atoms with Crippen LogP contribution in [-0.2, 0) is 14.8 Å². The molecule has 1 amide bonds. The van der Waals surface area contributed by atoms with Crippen LogP contribution in [-0.4, -0.2) is 49.6 Å². The molecule has 1 atom stereocenters. The van der Waals surface area contributed by atoms with Crippen molar-refractivity contribution in [3.05, 3.63) is 29.3 Å². The Morgan fingerprint density at radius 2 is 1.96 bits per heavy atom. The summed E-state index contributed by atoms with van der Waals surface area (Å²) in [4.78, 5) is 26.2. The van der Waals surface area contributed by atoms with E-state index in [0.29, 0.717) is 13.0 Å². The van der Waals surface area contributed by atoms with Gasteiger partial charge in [-0.05, 0) is 31.4 Å². The Labute approximate surface area is 148 Å². The van der Waals surface area contributed by atoms with Gasteiger partial charge in [-0.25, -0.2) is 8.42 Å². The van der Waals surface area contributed by atoms with E-state index in [0.717, 1.165) is 11.8 Å². The van der Waals surface area contributed by atoms with Gasteiger partial charge in [0.2, 0.25) is 10.0 Å². The molecular weight excluding hydrogens is 344 g/mol. The number of nitrogens with zero attached hydrogens (tertiary/aromatic N) is 1. The van der Waals surface area contributed by atoms with Gasteiger partial charge in [-0.2, -0.15) is 0 Å². The topological polar surface area (TPSA) is 104 Å². The van der Waals surface area contributed by atoms with Crippen LogP contribution in [0.4, 0.5) is 5.69 Å². The third-order valence-corrected chi connectivity index (χ3v) is 5.41. The molecule has 0 aromatic heterocycles. The number of amides is 1. The lowest BCUT2D eigenvalue weighted by atomic mass is 9.76. The van der Waals surface area contributed by atoms with Crippen molar-refractivity contribution >= 4 is 27.6 Å². The van der Waals surface area contributed by atoms with Crippen molar-refractivity contribution in [2.75, 3.05) is 24.1 Å². The highest BCUT2D eigenvalue weighted by atomic mass is 32.2. The molecule has 1 aromatic carbocycles. The molecule has 2 rings (SSSR count). The van der Waals surface area contributed by atoms with E-state index < -0.39 is 21.4 Å². The second-order valence-corrected chi connectivity index (χ2v) is 8.76. The van der Waals surface area contributed by atoms with Gasteiger partial charge in [0.05, 0.1) is 22.9 Å². The van der Waals surface area contributed by atoms with Crippen LogP contribution < -0.4 is 4.72 Å². The summed E-state index contributed by atoms with van der Waals surface area (Å²) in [5, 5.41) is 9.63. The van der Waals surface area contributed by atoms with Crippen LogP contribution in [0.15, 0.2) is 18.2 Å². The largest absolute Gasteiger partial charge is 0.481 e. The van der Waals surface area contributed by atoms with E-state index >= 15 is 0 Å². The van der Waals surface area contributed by atoms with E-state index in [1.165, 1.54) is 4.90 Å². The summed E-state index contributed by atoms with van der Waals surface area (Å²) in [6, 6.07) is 4.88. The molecule has 1 heterocycles. The van der Waals surface area contributed by atoms with Crippen LogP contribution in [0.25, 0.3) is 0 Å². The summed E-state index contributed by atoms with van der Waals surface area (Å²) in [5.74, 6) is -1.39. The third-order valence-electron chi connectivity index (χ3n) is 4.82. The molecule has 0 saturated carbocycles. The predicted molar refractivity (Wildman–Crippen MR) is 95.1 cm³/mol. The van der Waals surface area contributed by atoms with Gasteiger partial charge < -0.3 is 10.0 Å². The molecule has 1 aromatic rings. The van der Waals surface area contributed by atoms with Crippen LogP contribution in [0.2, 0.25) is 0 Å². The van der Waals surface area contributed by atoms with Crippen LogP contribution in [0.1, 0.15) is 36.2 Å². The maximum Gasteiger partial charge on any atom is 0.311 e. The fraction of sp³-hybridized carbons (Fsp3) is 0.529. The van der Waals surface area contributed by atoms with Crippen LogP contribution >= 0.6 is 0 Å². The Kier molecular flexibility index (Phi) is 5.13. The Bertz CT molecular complexity index is 803. The number of carboxylic acids is 1. The molecule has 0 bridgehead atoms. The monoisotopic (exact) mass is 368 g/mol. The number of anilines is 1. The van der Waals surface area contributed by atoms with Gasteiger partial charge >= 0.3 is 5.97 Å². The van der Waals surface area contributed by atoms with Gasteiger partial charge in [-0.3, -0.25) is 14.3 Å². The number of hydrogen-bond donors (Lipinski definition) is 2. The first-order valence-electron chi connectivity index (χ1n) is 8.07. The van der Waals surface area contributed by atoms with E-state index in [-0.39, 0.29) is 29.6 Å². The van der Waals surface area contributed by atoms with Gasteiger partial charge in [0, 0.05) is 13.1 Å². The summed E-state index contributed by atoms with van der Waals surface area (Å²) in [7, 11) is -3.53. The lowest BCUT2D eigenvalue weighted by Crippen LogP contribution is -2.40. The van der Waals surface area contributed by atoms with E-state index in [1.807, 2.05) is 13.8 Å². The molecule has 1 unspecified atom stereocenters. The number of carbonyl (C=O) groups is 2. The van der Waals surface area contributed by atoms with Crippen molar-refractivity contribution in [3.8, 4) is 0 Å². The fourth-order valence-corrected chi connectivity index (χ4v) is 3.77. The van der Waals surface area contributed by atoms with Gasteiger partial charge in [0.1, 0.15) is 0 Å². The average molecular weight is 368 g/mol. The minimum Gasteiger partial charge on any atom is -0.481 e. The number of rotatable bonds is 5. The highest BCUT2D eigenvalue weighted by molar-refractivity contribution is 7.92. The maximum atomic E-state index is 12.9. The molecule has 2 N–H and O–H groups in total. The molecule has 0 aliphatic carbocycles. The van der Waals surface area contributed by atoms with Gasteiger partial charge in [0.15, 0.2) is 0 Å². The second-order valence-electron chi connectivity index (χ2n) is 7.02. The van der Waals surface area contributed by atoms with Crippen LogP contribution in [0.3, 0.4) is 0 Å². The molecule has 1 fully saturated rings. The number of aryl methyl sites for hydroxylation is 1. The first-order valence-corrected chi connectivity index (χ1v) is 9.96. The normalized spacial score (nSPS) is 20.8. The molecule has 0 radical (unpaired) electrons. The Morgan fingerprint density at radius 3 is 2.44 bits per heavy atom. The number of aliphatic carboxylic acids is 1. The number of likely N-dealkylation sites (tertiary alicyclic amines) is 1. The fourth-order valence-electron chi connectivity index (χ4n) is 3.19. The zero-order valence-electron chi connectivity index (χ0n) is 14.9. The molecule has 1 aliphatic heterocycles. The number of carbonyl (C=O) groups excluding carboxylic acids is 1. The molecule has 1 saturated heterocycles. The molecular formula is C17H24N2O5S. The first kappa shape index (κ1) is 19.2. The quantitative estimate of drug-likeness (QED) is 0.826. The lowest BCUT2D eigenvalue weighted by molar-refractivity contribution is -0.150. The lowest BCUT2D eigenvalue weighted by Gasteiger charge is -2.28. The number of benzene rings is 1. The number of carboxylic acid groups (broad SMARTS) is 1. The maximum absolute atomic E-state index is 12.9. The standard InChI is InChI=1S/C17H24N2O5S/c1-11(2)17(16(21)22)7-8-19(10-17)15(20)13-9-12(3)5-6-14(13)18-25(4,23)24/h5-6,9,11,18H,7-8,10H2,1-4H3,(H,21,22). The minimum atomic E-state index is -3.53. The highest BCUT2D eigenvalue weighted by Crippen LogP contribution is 2.39. The smallest absolute Gasteiger partial charge is 0.311 e. The second kappa shape index (κ2) is 6.67. The summed E-state index contributed by atoms with van der Waals surface area (Å²) < 4.78 is 25.5. The van der Waals surface area contributed by atoms with E-state index in [2.05, 4.69) is 4.72 Å². The van der Waals surface area contributed by atoms with Crippen molar-refractivity contribution in [1.82, 2.24) is 4.90 Å². The van der Waals surface area contributed by atoms with Crippen LogP contribution in [0.5, 0.6) is 0 Å². The van der Waals surface area contributed by atoms with Crippen molar-refractivity contribution in [1.29, 1.82) is 0 Å². The van der Waals surface area contributed by atoms with E-state index in [1.54, 1.807) is 25.1 Å². The number of nitrogens with one attached hydrogen (secondary N) is 1. The SMILES string of the molecule is Cc1ccc(NS(C)(=O)=O)c(C(=O)N2CCC(C(=O)O)(C(C)C)C2)c1. The summed E-state index contributed by atoms with van der Waals surface area (Å²) in [6.45, 7) is 5.93. The van der Waals surface area contributed by atoms with Gasteiger partial charge in [-0.1, -0.05) is 25.5 Å². The van der Waals surface area contributed by atoms with E-state index in [9.17, 15) is 23.1 Å². The Morgan fingerprint density at radius 1 is 1.32 bits per heavy atom. The zero-order valence-corrected chi connectivity index (χ0v) is 15.7. The first-order chi connectivity index (χ1) is 11.5. The van der Waals surface area contributed by atoms with Crippen molar-refractivity contribution < 1.29 is 23.1 Å². The van der Waals surface area contributed by atoms with Gasteiger partial charge in [-0.15, -0.1) is 0 Å². The van der Waals surface area contributed by atoms with E-state index in [4.69, 9.17) is 0 Å². The summed E-state index contributed by atoms with van der Waals surface area (Å²) >= 11 is 0. The molecule has 138 valence electrons. The van der Waals surface area contributed by atoms with Crippen molar-refractivity contribution in [2.45, 2.75) is 27.2 Å². The molecule has 0 spiro atoms. The molecule has 8 heteroatoms. The average Bonchev–Trinajstić information content (AvgIpc) is 2.93. The molecule has 25 heavy (non-hydrogen) atoms. The van der Waals surface area contributed by atoms with Gasteiger partial charge in [0.25, 0.3) is 5.91 Å². The minimum absolute atomic E-state index is 0.116. The number of hydrogen-bond acceptors (Lipinski definition) is 4. The Hall–Kier alpha value is -2.09. The summed E-state index contributed by atoms with van der Waals surface area (Å²) in [5.41, 5.74) is 0.282. The van der Waals surface area contributed by atoms with Crippen LogP contribution in [0, 0.1) is 18.3 Å². The Balaban J connectivity index is 2.36. The number of sulfonamides is 1. The zero-order chi connectivity index (χ0) is 19.0. The predicted octanol–water partition coefficient (Wildman–Crippen LogP) is 1.94. The highest BCUT2D eigenvalue weighted by Gasteiger charge is 2.48. The molecule has 7 nitrogen and oxygen atoms in total.